The molecule has 0 radical (unpaired) electrons. The van der Waals surface area contributed by atoms with E-state index >= 15 is 0 Å². The van der Waals surface area contributed by atoms with Gasteiger partial charge in [0.2, 0.25) is 0 Å². The van der Waals surface area contributed by atoms with E-state index in [-0.39, 0.29) is 4.91 Å². The molecule has 152 valence electrons. The molecule has 1 saturated heterocycles. The molecule has 2 amide bonds. The van der Waals surface area contributed by atoms with Gasteiger partial charge in [0.15, 0.2) is 0 Å². The largest absolute Gasteiger partial charge is 0.497 e. The predicted molar refractivity (Wildman–Crippen MR) is 111 cm³/mol. The number of methoxy groups -OCH3 is 1. The van der Waals surface area contributed by atoms with Crippen LogP contribution in [0.4, 0.5) is 4.79 Å². The zero-order valence-corrected chi connectivity index (χ0v) is 17.5. The summed E-state index contributed by atoms with van der Waals surface area (Å²) in [6.07, 6.45) is 3.50. The van der Waals surface area contributed by atoms with E-state index in [0.29, 0.717) is 0 Å². The fourth-order valence-electron chi connectivity index (χ4n) is 2.76. The minimum Gasteiger partial charge on any atom is -0.497 e. The van der Waals surface area contributed by atoms with Crippen LogP contribution in [0.1, 0.15) is 26.5 Å². The van der Waals surface area contributed by atoms with Crippen LogP contribution in [0.2, 0.25) is 0 Å². The molecular weight excluding hydrogens is 392 g/mol. The highest BCUT2D eigenvalue weighted by Crippen LogP contribution is 2.32. The number of benzene rings is 1. The van der Waals surface area contributed by atoms with Crippen molar-refractivity contribution in [3.8, 4) is 11.4 Å². The highest BCUT2D eigenvalue weighted by molar-refractivity contribution is 8.18. The Labute approximate surface area is 173 Å². The summed E-state index contributed by atoms with van der Waals surface area (Å²) in [6.45, 7) is 4.78. The Morgan fingerprint density at radius 2 is 1.83 bits per heavy atom. The zero-order valence-electron chi connectivity index (χ0n) is 16.7. The van der Waals surface area contributed by atoms with E-state index in [9.17, 15) is 14.4 Å². The summed E-state index contributed by atoms with van der Waals surface area (Å²) in [5.41, 5.74) is 0.932. The van der Waals surface area contributed by atoms with Crippen LogP contribution in [0.3, 0.4) is 0 Å². The summed E-state index contributed by atoms with van der Waals surface area (Å²) in [6, 6.07) is 11.2. The molecule has 0 aliphatic carbocycles. The third-order valence-corrected chi connectivity index (χ3v) is 4.90. The summed E-state index contributed by atoms with van der Waals surface area (Å²) in [5, 5.41) is -0.491. The predicted octanol–water partition coefficient (Wildman–Crippen LogP) is 3.86. The Hall–Kier alpha value is -3.00. The molecule has 0 spiro atoms. The van der Waals surface area contributed by atoms with E-state index < -0.39 is 29.3 Å². The number of ether oxygens (including phenoxy) is 2. The molecule has 0 N–H and O–H groups in total. The highest BCUT2D eigenvalue weighted by atomic mass is 32.2. The van der Waals surface area contributed by atoms with E-state index in [2.05, 4.69) is 0 Å². The van der Waals surface area contributed by atoms with Gasteiger partial charge in [-0.3, -0.25) is 19.3 Å². The maximum atomic E-state index is 12.7. The number of hydrogen-bond donors (Lipinski definition) is 0. The van der Waals surface area contributed by atoms with Crippen molar-refractivity contribution in [2.45, 2.75) is 26.4 Å². The first-order chi connectivity index (χ1) is 13.7. The quantitative estimate of drug-likeness (QED) is 0.546. The third-order valence-electron chi connectivity index (χ3n) is 3.99. The van der Waals surface area contributed by atoms with Crippen molar-refractivity contribution in [1.82, 2.24) is 9.47 Å². The summed E-state index contributed by atoms with van der Waals surface area (Å²) in [5.74, 6) is -0.387. The second kappa shape index (κ2) is 8.16. The molecule has 3 rings (SSSR count). The molecule has 1 aliphatic heterocycles. The molecule has 0 atom stereocenters. The van der Waals surface area contributed by atoms with Crippen LogP contribution < -0.4 is 4.74 Å². The van der Waals surface area contributed by atoms with Crippen molar-refractivity contribution < 1.29 is 23.9 Å². The van der Waals surface area contributed by atoms with Gasteiger partial charge in [-0.05, 0) is 75.0 Å². The van der Waals surface area contributed by atoms with Crippen LogP contribution in [0, 0.1) is 0 Å². The monoisotopic (exact) mass is 414 g/mol. The molecule has 0 bridgehead atoms. The number of hydrogen-bond acceptors (Lipinski definition) is 6. The number of carbonyl (C=O) groups excluding carboxylic acids is 3. The molecule has 1 aliphatic rings. The molecule has 1 aromatic carbocycles. The zero-order chi connectivity index (χ0) is 21.2. The molecule has 2 aromatic rings. The number of esters is 1. The topological polar surface area (TPSA) is 77.8 Å². The Kier molecular flexibility index (Phi) is 5.83. The van der Waals surface area contributed by atoms with E-state index in [1.54, 1.807) is 34.0 Å². The lowest BCUT2D eigenvalue weighted by molar-refractivity contribution is -0.156. The Morgan fingerprint density at radius 1 is 1.14 bits per heavy atom. The van der Waals surface area contributed by atoms with Gasteiger partial charge in [0.05, 0.1) is 12.0 Å². The molecule has 7 nitrogen and oxygen atoms in total. The molecule has 2 heterocycles. The number of thioether (sulfide) groups is 1. The average molecular weight is 414 g/mol. The van der Waals surface area contributed by atoms with Gasteiger partial charge in [-0.1, -0.05) is 0 Å². The molecule has 1 aromatic heterocycles. The van der Waals surface area contributed by atoms with Crippen LogP contribution in [-0.2, 0) is 14.3 Å². The lowest BCUT2D eigenvalue weighted by Crippen LogP contribution is -2.37. The van der Waals surface area contributed by atoms with Crippen LogP contribution in [0.25, 0.3) is 11.8 Å². The standard InChI is InChI=1S/C21H22N2O5S/c1-21(2,3)28-18(24)13-23-19(25)17(29-20(23)26)12-15-6-5-11-22(15)14-7-9-16(27-4)10-8-14/h5-12H,13H2,1-4H3. The van der Waals surface area contributed by atoms with Gasteiger partial charge in [-0.25, -0.2) is 0 Å². The molecule has 29 heavy (non-hydrogen) atoms. The van der Waals surface area contributed by atoms with Gasteiger partial charge in [0, 0.05) is 17.6 Å². The van der Waals surface area contributed by atoms with E-state index in [4.69, 9.17) is 9.47 Å². The SMILES string of the molecule is COc1ccc(-n2cccc2C=C2SC(=O)N(CC(=O)OC(C)(C)C)C2=O)cc1. The normalized spacial score (nSPS) is 15.9. The average Bonchev–Trinajstić information content (AvgIpc) is 3.21. The summed E-state index contributed by atoms with van der Waals surface area (Å²) in [7, 11) is 1.60. The summed E-state index contributed by atoms with van der Waals surface area (Å²) < 4.78 is 12.3. The van der Waals surface area contributed by atoms with Gasteiger partial charge in [0.1, 0.15) is 17.9 Å². The van der Waals surface area contributed by atoms with Crippen molar-refractivity contribution in [3.63, 3.8) is 0 Å². The van der Waals surface area contributed by atoms with E-state index in [1.807, 2.05) is 47.2 Å². The second-order valence-corrected chi connectivity index (χ2v) is 8.35. The number of amides is 2. The molecule has 0 saturated carbocycles. The lowest BCUT2D eigenvalue weighted by Gasteiger charge is -2.21. The number of carbonyl (C=O) groups is 3. The molecule has 8 heteroatoms. The lowest BCUT2D eigenvalue weighted by atomic mass is 10.2. The number of aromatic nitrogens is 1. The first kappa shape index (κ1) is 20.7. The number of nitrogens with zero attached hydrogens (tertiary/aromatic N) is 2. The Bertz CT molecular complexity index is 970. The van der Waals surface area contributed by atoms with Crippen LogP contribution in [-0.4, -0.2) is 45.8 Å². The molecule has 1 fully saturated rings. The minimum absolute atomic E-state index is 0.257. The third kappa shape index (κ3) is 4.89. The molecular formula is C21H22N2O5S. The maximum absolute atomic E-state index is 12.7. The van der Waals surface area contributed by atoms with Crippen LogP contribution in [0.15, 0.2) is 47.5 Å². The van der Waals surface area contributed by atoms with Gasteiger partial charge < -0.3 is 14.0 Å². The van der Waals surface area contributed by atoms with Gasteiger partial charge in [-0.15, -0.1) is 0 Å². The van der Waals surface area contributed by atoms with Gasteiger partial charge in [-0.2, -0.15) is 0 Å². The van der Waals surface area contributed by atoms with Crippen molar-refractivity contribution in [2.24, 2.45) is 0 Å². The second-order valence-electron chi connectivity index (χ2n) is 7.36. The number of imide groups is 1. The first-order valence-corrected chi connectivity index (χ1v) is 9.78. The smallest absolute Gasteiger partial charge is 0.326 e. The molecule has 0 unspecified atom stereocenters. The summed E-state index contributed by atoms with van der Waals surface area (Å²) >= 11 is 0.807. The Balaban J connectivity index is 1.80. The fourth-order valence-corrected chi connectivity index (χ4v) is 3.59. The van der Waals surface area contributed by atoms with Crippen LogP contribution in [0.5, 0.6) is 5.75 Å². The van der Waals surface area contributed by atoms with Crippen molar-refractivity contribution in [2.75, 3.05) is 13.7 Å². The first-order valence-electron chi connectivity index (χ1n) is 8.97. The van der Waals surface area contributed by atoms with E-state index in [1.165, 1.54) is 0 Å². The minimum atomic E-state index is -0.687. The van der Waals surface area contributed by atoms with Gasteiger partial charge in [0.25, 0.3) is 11.1 Å². The highest BCUT2D eigenvalue weighted by Gasteiger charge is 2.37. The fraction of sp³-hybridized carbons (Fsp3) is 0.286. The number of rotatable bonds is 5. The van der Waals surface area contributed by atoms with Crippen molar-refractivity contribution in [1.29, 1.82) is 0 Å². The van der Waals surface area contributed by atoms with Crippen LogP contribution >= 0.6 is 11.8 Å². The van der Waals surface area contributed by atoms with Crippen molar-refractivity contribution in [3.05, 3.63) is 53.2 Å². The van der Waals surface area contributed by atoms with Crippen molar-refractivity contribution >= 4 is 35.0 Å². The van der Waals surface area contributed by atoms with Gasteiger partial charge >= 0.3 is 5.97 Å². The summed E-state index contributed by atoms with van der Waals surface area (Å²) in [4.78, 5) is 38.1. The maximum Gasteiger partial charge on any atom is 0.326 e. The van der Waals surface area contributed by atoms with E-state index in [0.717, 1.165) is 33.8 Å². The Morgan fingerprint density at radius 3 is 2.45 bits per heavy atom.